The van der Waals surface area contributed by atoms with Gasteiger partial charge in [0.15, 0.2) is 5.76 Å². The highest BCUT2D eigenvalue weighted by Crippen LogP contribution is 2.35. The monoisotopic (exact) mass is 390 g/mol. The molecule has 0 aliphatic carbocycles. The molecule has 0 atom stereocenters. The number of ketones is 1. The van der Waals surface area contributed by atoms with Crippen molar-refractivity contribution in [2.75, 3.05) is 0 Å². The lowest BCUT2D eigenvalue weighted by molar-refractivity contribution is 0.0734. The van der Waals surface area contributed by atoms with Gasteiger partial charge < -0.3 is 9.47 Å². The molecule has 0 radical (unpaired) electrons. The molecule has 0 fully saturated rings. The molecule has 1 aliphatic rings. The van der Waals surface area contributed by atoms with Crippen molar-refractivity contribution in [1.82, 2.24) is 0 Å². The average Bonchev–Trinajstić information content (AvgIpc) is 2.99. The molecule has 1 aliphatic heterocycles. The number of rotatable bonds is 3. The summed E-state index contributed by atoms with van der Waals surface area (Å²) in [6, 6.07) is 19.0. The Balaban J connectivity index is 1.58. The van der Waals surface area contributed by atoms with E-state index in [0.717, 1.165) is 11.1 Å². The first-order valence-corrected chi connectivity index (χ1v) is 9.01. The van der Waals surface area contributed by atoms with Gasteiger partial charge in [0.2, 0.25) is 5.78 Å². The van der Waals surface area contributed by atoms with E-state index >= 15 is 0 Å². The summed E-state index contributed by atoms with van der Waals surface area (Å²) in [5.41, 5.74) is 2.64. The maximum atomic E-state index is 12.6. The van der Waals surface area contributed by atoms with Crippen molar-refractivity contribution in [3.63, 3.8) is 0 Å². The van der Waals surface area contributed by atoms with Gasteiger partial charge in [-0.3, -0.25) is 4.79 Å². The highest BCUT2D eigenvalue weighted by Gasteiger charge is 2.28. The summed E-state index contributed by atoms with van der Waals surface area (Å²) in [5.74, 6) is 0.0783. The summed E-state index contributed by atoms with van der Waals surface area (Å²) in [6.45, 7) is 1.96. The molecule has 4 rings (SSSR count). The molecule has 0 unspecified atom stereocenters. The van der Waals surface area contributed by atoms with E-state index < -0.39 is 5.97 Å². The molecule has 0 saturated heterocycles. The zero-order chi connectivity index (χ0) is 19.7. The van der Waals surface area contributed by atoms with Crippen molar-refractivity contribution in [3.8, 4) is 11.5 Å². The van der Waals surface area contributed by atoms with Crippen LogP contribution in [0.2, 0.25) is 5.02 Å². The van der Waals surface area contributed by atoms with Gasteiger partial charge in [0, 0.05) is 6.07 Å². The number of hydrogen-bond donors (Lipinski definition) is 0. The van der Waals surface area contributed by atoms with Crippen molar-refractivity contribution in [1.29, 1.82) is 0 Å². The number of ether oxygens (including phenoxy) is 2. The Bertz CT molecular complexity index is 1130. The quantitative estimate of drug-likeness (QED) is 0.337. The number of hydrogen-bond acceptors (Lipinski definition) is 4. The number of halogens is 1. The zero-order valence-corrected chi connectivity index (χ0v) is 15.7. The number of Topliss-reactive ketones (excluding diaryl/α,β-unsaturated/α-hetero) is 1. The Morgan fingerprint density at radius 3 is 2.57 bits per heavy atom. The van der Waals surface area contributed by atoms with Crippen LogP contribution in [0.4, 0.5) is 0 Å². The summed E-state index contributed by atoms with van der Waals surface area (Å²) >= 11 is 6.03. The van der Waals surface area contributed by atoms with Crippen LogP contribution in [-0.2, 0) is 0 Å². The Labute approximate surface area is 167 Å². The lowest BCUT2D eigenvalue weighted by Crippen LogP contribution is -2.09. The maximum Gasteiger partial charge on any atom is 0.345 e. The van der Waals surface area contributed by atoms with Crippen LogP contribution in [-0.4, -0.2) is 11.8 Å². The van der Waals surface area contributed by atoms with E-state index in [9.17, 15) is 9.59 Å². The Hall–Kier alpha value is -3.37. The summed E-state index contributed by atoms with van der Waals surface area (Å²) in [4.78, 5) is 24.9. The molecule has 0 amide bonds. The Kier molecular flexibility index (Phi) is 4.72. The highest BCUT2D eigenvalue weighted by molar-refractivity contribution is 6.33. The minimum atomic E-state index is -0.578. The SMILES string of the molecule is Cc1ccccc1C=C1Oc2cc(OC(=O)c3ccccc3Cl)ccc2C1=O. The number of carbonyl (C=O) groups is 2. The first-order valence-electron chi connectivity index (χ1n) is 8.63. The second-order valence-corrected chi connectivity index (χ2v) is 6.73. The second-order valence-electron chi connectivity index (χ2n) is 6.32. The predicted octanol–water partition coefficient (Wildman–Crippen LogP) is 5.48. The van der Waals surface area contributed by atoms with Gasteiger partial charge in [0.1, 0.15) is 11.5 Å². The van der Waals surface area contributed by atoms with E-state index in [1.807, 2.05) is 31.2 Å². The number of aryl methyl sites for hydroxylation is 1. The van der Waals surface area contributed by atoms with Crippen LogP contribution in [0.1, 0.15) is 31.8 Å². The lowest BCUT2D eigenvalue weighted by Gasteiger charge is -2.06. The minimum Gasteiger partial charge on any atom is -0.452 e. The Morgan fingerprint density at radius 1 is 1.04 bits per heavy atom. The smallest absolute Gasteiger partial charge is 0.345 e. The number of carbonyl (C=O) groups excluding carboxylic acids is 2. The number of fused-ring (bicyclic) bond motifs is 1. The van der Waals surface area contributed by atoms with Crippen LogP contribution >= 0.6 is 11.6 Å². The molecule has 4 nitrogen and oxygen atoms in total. The third kappa shape index (κ3) is 3.42. The van der Waals surface area contributed by atoms with Crippen LogP contribution in [0.3, 0.4) is 0 Å². The van der Waals surface area contributed by atoms with E-state index in [1.165, 1.54) is 6.07 Å². The van der Waals surface area contributed by atoms with Gasteiger partial charge >= 0.3 is 5.97 Å². The van der Waals surface area contributed by atoms with Crippen molar-refractivity contribution in [3.05, 3.63) is 99.8 Å². The molecule has 0 N–H and O–H groups in total. The van der Waals surface area contributed by atoms with Gasteiger partial charge in [-0.15, -0.1) is 0 Å². The van der Waals surface area contributed by atoms with Gasteiger partial charge in [-0.1, -0.05) is 48.0 Å². The highest BCUT2D eigenvalue weighted by atomic mass is 35.5. The molecular weight excluding hydrogens is 376 g/mol. The third-order valence-electron chi connectivity index (χ3n) is 4.42. The average molecular weight is 391 g/mol. The molecule has 0 saturated carbocycles. The standard InChI is InChI=1S/C23H15ClO4/c1-14-6-2-3-7-15(14)12-21-22(25)18-11-10-16(13-20(18)28-21)27-23(26)17-8-4-5-9-19(17)24/h2-13H,1H3. The molecule has 0 spiro atoms. The molecule has 0 bridgehead atoms. The number of benzene rings is 3. The minimum absolute atomic E-state index is 0.206. The zero-order valence-electron chi connectivity index (χ0n) is 14.9. The van der Waals surface area contributed by atoms with E-state index in [2.05, 4.69) is 0 Å². The van der Waals surface area contributed by atoms with E-state index in [1.54, 1.807) is 42.5 Å². The van der Waals surface area contributed by atoms with Crippen LogP contribution in [0.25, 0.3) is 6.08 Å². The van der Waals surface area contributed by atoms with Gasteiger partial charge in [-0.2, -0.15) is 0 Å². The predicted molar refractivity (Wildman–Crippen MR) is 107 cm³/mol. The summed E-state index contributed by atoms with van der Waals surface area (Å²) < 4.78 is 11.1. The molecule has 0 aromatic heterocycles. The maximum absolute atomic E-state index is 12.6. The molecule has 1 heterocycles. The first kappa shape index (κ1) is 18.0. The molecule has 28 heavy (non-hydrogen) atoms. The molecule has 138 valence electrons. The molecule has 3 aromatic carbocycles. The van der Waals surface area contributed by atoms with Crippen LogP contribution < -0.4 is 9.47 Å². The fraction of sp³-hybridized carbons (Fsp3) is 0.0435. The van der Waals surface area contributed by atoms with Gasteiger partial charge in [-0.05, 0) is 48.4 Å². The van der Waals surface area contributed by atoms with Crippen LogP contribution in [0.5, 0.6) is 11.5 Å². The fourth-order valence-electron chi connectivity index (χ4n) is 2.91. The summed E-state index contributed by atoms with van der Waals surface area (Å²) in [6.07, 6.45) is 1.72. The van der Waals surface area contributed by atoms with Crippen LogP contribution in [0, 0.1) is 6.92 Å². The Morgan fingerprint density at radius 2 is 1.79 bits per heavy atom. The normalized spacial score (nSPS) is 13.9. The van der Waals surface area contributed by atoms with E-state index in [-0.39, 0.29) is 22.9 Å². The fourth-order valence-corrected chi connectivity index (χ4v) is 3.12. The van der Waals surface area contributed by atoms with Gasteiger partial charge in [0.05, 0.1) is 16.1 Å². The lowest BCUT2D eigenvalue weighted by atomic mass is 10.1. The van der Waals surface area contributed by atoms with Crippen molar-refractivity contribution in [2.24, 2.45) is 0 Å². The van der Waals surface area contributed by atoms with Gasteiger partial charge in [0.25, 0.3) is 0 Å². The number of allylic oxidation sites excluding steroid dienone is 1. The van der Waals surface area contributed by atoms with E-state index in [4.69, 9.17) is 21.1 Å². The topological polar surface area (TPSA) is 52.6 Å². The van der Waals surface area contributed by atoms with Crippen molar-refractivity contribution < 1.29 is 19.1 Å². The second kappa shape index (κ2) is 7.33. The van der Waals surface area contributed by atoms with Gasteiger partial charge in [-0.25, -0.2) is 4.79 Å². The van der Waals surface area contributed by atoms with Crippen molar-refractivity contribution >= 4 is 29.4 Å². The largest absolute Gasteiger partial charge is 0.452 e. The molecule has 5 heteroatoms. The molecule has 3 aromatic rings. The van der Waals surface area contributed by atoms with E-state index in [0.29, 0.717) is 16.3 Å². The summed E-state index contributed by atoms with van der Waals surface area (Å²) in [7, 11) is 0. The van der Waals surface area contributed by atoms with Crippen molar-refractivity contribution in [2.45, 2.75) is 6.92 Å². The third-order valence-corrected chi connectivity index (χ3v) is 4.75. The van der Waals surface area contributed by atoms with Crippen LogP contribution in [0.15, 0.2) is 72.5 Å². The summed E-state index contributed by atoms with van der Waals surface area (Å²) in [5, 5.41) is 0.309. The number of esters is 1. The first-order chi connectivity index (χ1) is 13.5. The molecular formula is C23H15ClO4.